The Labute approximate surface area is 143 Å². The highest BCUT2D eigenvalue weighted by atomic mass is 16.5. The summed E-state index contributed by atoms with van der Waals surface area (Å²) in [6, 6.07) is 0. The maximum absolute atomic E-state index is 12.4. The third-order valence-corrected chi connectivity index (χ3v) is 5.04. The summed E-state index contributed by atoms with van der Waals surface area (Å²) in [5.41, 5.74) is 0.755. The van der Waals surface area contributed by atoms with E-state index in [2.05, 4.69) is 18.7 Å². The van der Waals surface area contributed by atoms with Crippen LogP contribution in [0.4, 0.5) is 0 Å². The number of allylic oxidation sites excluding steroid dienone is 1. The Balaban J connectivity index is 2.95. The number of nitrogens with zero attached hydrogens (tertiary/aromatic N) is 1. The highest BCUT2D eigenvalue weighted by Gasteiger charge is 2.33. The predicted molar refractivity (Wildman–Crippen MR) is 97.5 cm³/mol. The molecule has 1 heterocycles. The fourth-order valence-corrected chi connectivity index (χ4v) is 3.24. The molecule has 0 aromatic carbocycles. The third-order valence-electron chi connectivity index (χ3n) is 5.04. The van der Waals surface area contributed by atoms with Gasteiger partial charge in [0.2, 0.25) is 0 Å². The van der Waals surface area contributed by atoms with E-state index in [-0.39, 0.29) is 17.3 Å². The third kappa shape index (κ3) is 6.29. The van der Waals surface area contributed by atoms with E-state index in [1.807, 2.05) is 19.9 Å². The van der Waals surface area contributed by atoms with Crippen LogP contribution in [0.3, 0.4) is 0 Å². The molecule has 0 aromatic heterocycles. The minimum absolute atomic E-state index is 0.0380. The second-order valence-corrected chi connectivity index (χ2v) is 7.38. The highest BCUT2D eigenvalue weighted by Crippen LogP contribution is 2.32. The molecule has 0 N–H and O–H groups in total. The summed E-state index contributed by atoms with van der Waals surface area (Å²) in [5, 5.41) is 0. The highest BCUT2D eigenvalue weighted by molar-refractivity contribution is 5.92. The van der Waals surface area contributed by atoms with Crippen LogP contribution in [0.5, 0.6) is 0 Å². The van der Waals surface area contributed by atoms with Crippen LogP contribution in [-0.2, 0) is 9.53 Å². The maximum atomic E-state index is 12.4. The first kappa shape index (κ1) is 20.2. The Hall–Kier alpha value is -0.830. The molecular weight excluding hydrogens is 286 g/mol. The lowest BCUT2D eigenvalue weighted by atomic mass is 9.90. The van der Waals surface area contributed by atoms with Gasteiger partial charge in [0, 0.05) is 37.9 Å². The number of ether oxygens (including phenoxy) is 1. The van der Waals surface area contributed by atoms with Crippen molar-refractivity contribution in [2.45, 2.75) is 84.7 Å². The zero-order valence-electron chi connectivity index (χ0n) is 16.0. The van der Waals surface area contributed by atoms with Crippen LogP contribution in [0.25, 0.3) is 0 Å². The van der Waals surface area contributed by atoms with Crippen molar-refractivity contribution in [3.8, 4) is 0 Å². The Morgan fingerprint density at radius 3 is 2.35 bits per heavy atom. The summed E-state index contributed by atoms with van der Waals surface area (Å²) in [4.78, 5) is 14.8. The molecule has 1 saturated heterocycles. The van der Waals surface area contributed by atoms with Gasteiger partial charge in [0.15, 0.2) is 5.78 Å². The summed E-state index contributed by atoms with van der Waals surface area (Å²) < 4.78 is 5.95. The first-order chi connectivity index (χ1) is 10.9. The molecule has 3 nitrogen and oxygen atoms in total. The van der Waals surface area contributed by atoms with Crippen LogP contribution in [0, 0.1) is 5.92 Å². The minimum Gasteiger partial charge on any atom is -0.372 e. The molecule has 0 radical (unpaired) electrons. The van der Waals surface area contributed by atoms with Gasteiger partial charge in [-0.1, -0.05) is 46.5 Å². The molecule has 0 amide bonds. The van der Waals surface area contributed by atoms with Crippen LogP contribution in [0.2, 0.25) is 0 Å². The lowest BCUT2D eigenvalue weighted by Gasteiger charge is -2.41. The number of carbonyl (C=O) groups is 1. The van der Waals surface area contributed by atoms with E-state index < -0.39 is 0 Å². The quantitative estimate of drug-likeness (QED) is 0.420. The lowest BCUT2D eigenvalue weighted by molar-refractivity contribution is -0.117. The average Bonchev–Trinajstić information content (AvgIpc) is 2.56. The van der Waals surface area contributed by atoms with Gasteiger partial charge >= 0.3 is 0 Å². The van der Waals surface area contributed by atoms with Gasteiger partial charge in [-0.15, -0.1) is 0 Å². The first-order valence-electron chi connectivity index (χ1n) is 9.50. The number of unbranched alkanes of at least 4 members (excludes halogenated alkanes) is 3. The molecule has 1 fully saturated rings. The molecule has 23 heavy (non-hydrogen) atoms. The Morgan fingerprint density at radius 1 is 1.17 bits per heavy atom. The summed E-state index contributed by atoms with van der Waals surface area (Å²) in [6.07, 6.45) is 11.5. The SMILES string of the molecule is CCCCCCC(C)(OC)C(=CC(=O)C(C)C)N1CCCCC1. The fourth-order valence-electron chi connectivity index (χ4n) is 3.24. The summed E-state index contributed by atoms with van der Waals surface area (Å²) in [7, 11) is 1.79. The molecule has 1 rings (SSSR count). The van der Waals surface area contributed by atoms with Gasteiger partial charge in [-0.25, -0.2) is 0 Å². The van der Waals surface area contributed by atoms with E-state index in [4.69, 9.17) is 4.74 Å². The lowest BCUT2D eigenvalue weighted by Crippen LogP contribution is -2.42. The van der Waals surface area contributed by atoms with Crippen molar-refractivity contribution >= 4 is 5.78 Å². The molecule has 3 heteroatoms. The normalized spacial score (nSPS) is 19.0. The van der Waals surface area contributed by atoms with Crippen molar-refractivity contribution in [2.75, 3.05) is 20.2 Å². The van der Waals surface area contributed by atoms with Gasteiger partial charge in [0.25, 0.3) is 0 Å². The van der Waals surface area contributed by atoms with E-state index in [9.17, 15) is 4.79 Å². The predicted octanol–water partition coefficient (Wildman–Crippen LogP) is 4.96. The van der Waals surface area contributed by atoms with E-state index in [1.54, 1.807) is 7.11 Å². The first-order valence-corrected chi connectivity index (χ1v) is 9.50. The second-order valence-electron chi connectivity index (χ2n) is 7.38. The molecule has 0 spiro atoms. The number of piperidine rings is 1. The van der Waals surface area contributed by atoms with E-state index in [0.29, 0.717) is 0 Å². The van der Waals surface area contributed by atoms with E-state index >= 15 is 0 Å². The van der Waals surface area contributed by atoms with Crippen molar-refractivity contribution < 1.29 is 9.53 Å². The molecule has 1 aliphatic rings. The zero-order chi connectivity index (χ0) is 17.3. The summed E-state index contributed by atoms with van der Waals surface area (Å²) in [6.45, 7) is 10.4. The van der Waals surface area contributed by atoms with Crippen molar-refractivity contribution in [3.63, 3.8) is 0 Å². The Kier molecular flexibility index (Phi) is 8.90. The molecule has 1 unspecified atom stereocenters. The Morgan fingerprint density at radius 2 is 1.83 bits per heavy atom. The number of ketones is 1. The van der Waals surface area contributed by atoms with Crippen molar-refractivity contribution in [1.82, 2.24) is 4.90 Å². The van der Waals surface area contributed by atoms with Crippen molar-refractivity contribution in [3.05, 3.63) is 11.8 Å². The fraction of sp³-hybridized carbons (Fsp3) is 0.850. The van der Waals surface area contributed by atoms with Gasteiger partial charge in [-0.3, -0.25) is 4.79 Å². The number of methoxy groups -OCH3 is 1. The number of carbonyl (C=O) groups excluding carboxylic acids is 1. The number of likely N-dealkylation sites (tertiary alicyclic amines) is 1. The molecule has 0 saturated carbocycles. The molecule has 0 aliphatic carbocycles. The largest absolute Gasteiger partial charge is 0.372 e. The van der Waals surface area contributed by atoms with Crippen LogP contribution < -0.4 is 0 Å². The van der Waals surface area contributed by atoms with Crippen LogP contribution in [-0.4, -0.2) is 36.5 Å². The molecule has 0 bridgehead atoms. The minimum atomic E-state index is -0.352. The molecule has 134 valence electrons. The Bertz CT molecular complexity index is 383. The standard InChI is InChI=1S/C20H37NO2/c1-6-7-8-10-13-20(4,23-5)19(16-18(22)17(2)3)21-14-11-9-12-15-21/h16-17H,6-15H2,1-5H3. The van der Waals surface area contributed by atoms with E-state index in [0.717, 1.165) is 31.6 Å². The number of rotatable bonds is 10. The molecule has 0 aromatic rings. The van der Waals surface area contributed by atoms with Crippen molar-refractivity contribution in [2.24, 2.45) is 5.92 Å². The smallest absolute Gasteiger partial charge is 0.160 e. The van der Waals surface area contributed by atoms with Crippen LogP contribution >= 0.6 is 0 Å². The van der Waals surface area contributed by atoms with Gasteiger partial charge in [-0.05, 0) is 32.6 Å². The van der Waals surface area contributed by atoms with E-state index in [1.165, 1.54) is 38.5 Å². The monoisotopic (exact) mass is 323 g/mol. The summed E-state index contributed by atoms with van der Waals surface area (Å²) in [5.74, 6) is 0.249. The van der Waals surface area contributed by atoms with Gasteiger partial charge in [-0.2, -0.15) is 0 Å². The number of hydrogen-bond donors (Lipinski definition) is 0. The van der Waals surface area contributed by atoms with Gasteiger partial charge in [0.05, 0.1) is 0 Å². The number of hydrogen-bond acceptors (Lipinski definition) is 3. The topological polar surface area (TPSA) is 29.5 Å². The summed E-state index contributed by atoms with van der Waals surface area (Å²) >= 11 is 0. The van der Waals surface area contributed by atoms with Crippen molar-refractivity contribution in [1.29, 1.82) is 0 Å². The molecular formula is C20H37NO2. The molecule has 1 atom stereocenters. The molecule has 1 aliphatic heterocycles. The maximum Gasteiger partial charge on any atom is 0.160 e. The average molecular weight is 324 g/mol. The van der Waals surface area contributed by atoms with Crippen LogP contribution in [0.15, 0.2) is 11.8 Å². The zero-order valence-corrected chi connectivity index (χ0v) is 16.0. The second kappa shape index (κ2) is 10.1. The van der Waals surface area contributed by atoms with Gasteiger partial charge in [0.1, 0.15) is 5.60 Å². The van der Waals surface area contributed by atoms with Gasteiger partial charge < -0.3 is 9.64 Å². The van der Waals surface area contributed by atoms with Crippen LogP contribution in [0.1, 0.15) is 79.1 Å².